The molecule has 4 nitrogen and oxygen atoms in total. The predicted molar refractivity (Wildman–Crippen MR) is 116 cm³/mol. The maximum atomic E-state index is 12.4. The number of rotatable bonds is 4. The van der Waals surface area contributed by atoms with E-state index in [1.54, 1.807) is 12.1 Å². The van der Waals surface area contributed by atoms with E-state index in [1.807, 2.05) is 70.6 Å². The Kier molecular flexibility index (Phi) is 5.50. The average Bonchev–Trinajstić information content (AvgIpc) is 3.17. The Morgan fingerprint density at radius 2 is 1.54 bits per heavy atom. The van der Waals surface area contributed by atoms with E-state index in [1.165, 1.54) is 11.3 Å². The maximum absolute atomic E-state index is 12.4. The van der Waals surface area contributed by atoms with Crippen LogP contribution in [0.4, 0.5) is 0 Å². The molecule has 0 unspecified atom stereocenters. The molecule has 0 bridgehead atoms. The lowest BCUT2D eigenvalue weighted by Gasteiger charge is -2.09. The van der Waals surface area contributed by atoms with Crippen molar-refractivity contribution >= 4 is 33.2 Å². The Bertz CT molecular complexity index is 1150. The first-order valence-corrected chi connectivity index (χ1v) is 10.3. The summed E-state index contributed by atoms with van der Waals surface area (Å²) in [7, 11) is 0. The SMILES string of the molecule is O=C(N/N=c1/scc(-c2ccc(Br)cc2)n1-c1ccccc1)c1ccccc1. The molecule has 0 aliphatic carbocycles. The Morgan fingerprint density at radius 3 is 2.21 bits per heavy atom. The minimum absolute atomic E-state index is 0.237. The highest BCUT2D eigenvalue weighted by atomic mass is 79.9. The van der Waals surface area contributed by atoms with Crippen LogP contribution < -0.4 is 10.2 Å². The molecule has 0 saturated heterocycles. The van der Waals surface area contributed by atoms with Crippen LogP contribution in [0.1, 0.15) is 10.4 Å². The quantitative estimate of drug-likeness (QED) is 0.426. The summed E-state index contributed by atoms with van der Waals surface area (Å²) in [6.45, 7) is 0. The van der Waals surface area contributed by atoms with E-state index in [4.69, 9.17) is 0 Å². The largest absolute Gasteiger partial charge is 0.284 e. The van der Waals surface area contributed by atoms with Crippen molar-refractivity contribution in [3.63, 3.8) is 0 Å². The third-order valence-corrected chi connectivity index (χ3v) is 5.51. The molecule has 1 N–H and O–H groups in total. The van der Waals surface area contributed by atoms with Gasteiger partial charge in [-0.15, -0.1) is 16.4 Å². The summed E-state index contributed by atoms with van der Waals surface area (Å²) < 4.78 is 3.07. The smallest absolute Gasteiger partial charge is 0.271 e. The van der Waals surface area contributed by atoms with Crippen LogP contribution >= 0.6 is 27.3 Å². The van der Waals surface area contributed by atoms with Gasteiger partial charge in [-0.3, -0.25) is 9.36 Å². The molecule has 1 aromatic heterocycles. The first kappa shape index (κ1) is 18.4. The van der Waals surface area contributed by atoms with Crippen LogP contribution in [0.25, 0.3) is 16.9 Å². The van der Waals surface area contributed by atoms with Gasteiger partial charge in [-0.1, -0.05) is 64.5 Å². The van der Waals surface area contributed by atoms with Crippen molar-refractivity contribution in [3.05, 3.63) is 105 Å². The second kappa shape index (κ2) is 8.37. The first-order valence-electron chi connectivity index (χ1n) is 8.63. The number of amides is 1. The number of nitrogens with zero attached hydrogens (tertiary/aromatic N) is 2. The normalized spacial score (nSPS) is 11.4. The Balaban J connectivity index is 1.77. The maximum Gasteiger partial charge on any atom is 0.271 e. The van der Waals surface area contributed by atoms with Gasteiger partial charge in [-0.05, 0) is 42.0 Å². The highest BCUT2D eigenvalue weighted by Crippen LogP contribution is 2.25. The number of hydrogen-bond donors (Lipinski definition) is 1. The lowest BCUT2D eigenvalue weighted by atomic mass is 10.1. The predicted octanol–water partition coefficient (Wildman–Crippen LogP) is 5.21. The monoisotopic (exact) mass is 449 g/mol. The summed E-state index contributed by atoms with van der Waals surface area (Å²) in [6, 6.07) is 27.2. The van der Waals surface area contributed by atoms with Crippen molar-refractivity contribution in [2.45, 2.75) is 0 Å². The number of thiazole rings is 1. The van der Waals surface area contributed by atoms with Crippen LogP contribution in [0.15, 0.2) is 99.9 Å². The molecule has 0 saturated carbocycles. The molecular weight excluding hydrogens is 434 g/mol. The molecule has 28 heavy (non-hydrogen) atoms. The zero-order chi connectivity index (χ0) is 19.3. The molecule has 3 aromatic carbocycles. The molecule has 0 spiro atoms. The number of carbonyl (C=O) groups excluding carboxylic acids is 1. The Labute approximate surface area is 174 Å². The van der Waals surface area contributed by atoms with Crippen molar-refractivity contribution in [3.8, 4) is 16.9 Å². The summed E-state index contributed by atoms with van der Waals surface area (Å²) in [5, 5.41) is 6.44. The summed E-state index contributed by atoms with van der Waals surface area (Å²) in [5.74, 6) is -0.237. The summed E-state index contributed by atoms with van der Waals surface area (Å²) >= 11 is 4.96. The van der Waals surface area contributed by atoms with Gasteiger partial charge in [-0.2, -0.15) is 0 Å². The van der Waals surface area contributed by atoms with E-state index in [2.05, 4.69) is 38.6 Å². The number of benzene rings is 3. The molecule has 4 rings (SSSR count). The van der Waals surface area contributed by atoms with Crippen LogP contribution in [0.2, 0.25) is 0 Å². The van der Waals surface area contributed by atoms with Crippen molar-refractivity contribution in [2.24, 2.45) is 5.10 Å². The first-order chi connectivity index (χ1) is 13.7. The second-order valence-electron chi connectivity index (χ2n) is 6.00. The van der Waals surface area contributed by atoms with Crippen molar-refractivity contribution in [1.82, 2.24) is 9.99 Å². The number of carbonyl (C=O) groups is 1. The van der Waals surface area contributed by atoms with E-state index in [9.17, 15) is 4.79 Å². The van der Waals surface area contributed by atoms with Gasteiger partial charge in [0.25, 0.3) is 5.91 Å². The van der Waals surface area contributed by atoms with E-state index in [-0.39, 0.29) is 5.91 Å². The number of halogens is 1. The lowest BCUT2D eigenvalue weighted by molar-refractivity contribution is 0.0953. The van der Waals surface area contributed by atoms with Gasteiger partial charge < -0.3 is 0 Å². The van der Waals surface area contributed by atoms with Gasteiger partial charge in [0.05, 0.1) is 5.69 Å². The fourth-order valence-corrected chi connectivity index (χ4v) is 3.92. The molecule has 0 fully saturated rings. The summed E-state index contributed by atoms with van der Waals surface area (Å²) in [6.07, 6.45) is 0. The van der Waals surface area contributed by atoms with Crippen LogP contribution in [0.3, 0.4) is 0 Å². The molecule has 138 valence electrons. The number of nitrogens with one attached hydrogen (secondary N) is 1. The zero-order valence-electron chi connectivity index (χ0n) is 14.7. The van der Waals surface area contributed by atoms with Gasteiger partial charge in [-0.25, -0.2) is 5.43 Å². The average molecular weight is 450 g/mol. The molecule has 0 atom stereocenters. The van der Waals surface area contributed by atoms with Crippen LogP contribution in [-0.4, -0.2) is 10.5 Å². The standard InChI is InChI=1S/C22H16BrN3OS/c23-18-13-11-16(12-14-18)20-15-28-22(26(20)19-9-5-2-6-10-19)25-24-21(27)17-7-3-1-4-8-17/h1-15H,(H,24,27)/b25-22+. The Hall–Kier alpha value is -2.96. The molecule has 1 heterocycles. The van der Waals surface area contributed by atoms with Crippen LogP contribution in [0, 0.1) is 0 Å². The van der Waals surface area contributed by atoms with Crippen molar-refractivity contribution in [1.29, 1.82) is 0 Å². The summed E-state index contributed by atoms with van der Waals surface area (Å²) in [5.41, 5.74) is 6.30. The fourth-order valence-electron chi connectivity index (χ4n) is 2.79. The summed E-state index contributed by atoms with van der Waals surface area (Å²) in [4.78, 5) is 13.1. The van der Waals surface area contributed by atoms with Gasteiger partial charge in [0.15, 0.2) is 0 Å². The number of para-hydroxylation sites is 1. The Morgan fingerprint density at radius 1 is 0.893 bits per heavy atom. The van der Waals surface area contributed by atoms with Gasteiger partial charge in [0.1, 0.15) is 0 Å². The van der Waals surface area contributed by atoms with E-state index < -0.39 is 0 Å². The molecule has 4 aromatic rings. The number of hydrogen-bond acceptors (Lipinski definition) is 3. The third kappa shape index (κ3) is 3.98. The fraction of sp³-hybridized carbons (Fsp3) is 0. The lowest BCUT2D eigenvalue weighted by Crippen LogP contribution is -2.24. The highest BCUT2D eigenvalue weighted by molar-refractivity contribution is 9.10. The van der Waals surface area contributed by atoms with E-state index >= 15 is 0 Å². The molecule has 1 amide bonds. The number of aromatic nitrogens is 1. The molecule has 6 heteroatoms. The minimum Gasteiger partial charge on any atom is -0.284 e. The van der Waals surface area contributed by atoms with Crippen molar-refractivity contribution < 1.29 is 4.79 Å². The molecule has 0 aliphatic heterocycles. The minimum atomic E-state index is -0.237. The van der Waals surface area contributed by atoms with Gasteiger partial charge in [0.2, 0.25) is 4.80 Å². The molecule has 0 radical (unpaired) electrons. The van der Waals surface area contributed by atoms with Crippen molar-refractivity contribution in [2.75, 3.05) is 0 Å². The topological polar surface area (TPSA) is 46.4 Å². The van der Waals surface area contributed by atoms with Crippen LogP contribution in [-0.2, 0) is 0 Å². The molecular formula is C22H16BrN3OS. The van der Waals surface area contributed by atoms with E-state index in [0.717, 1.165) is 21.4 Å². The van der Waals surface area contributed by atoms with Gasteiger partial charge >= 0.3 is 0 Å². The highest BCUT2D eigenvalue weighted by Gasteiger charge is 2.11. The second-order valence-corrected chi connectivity index (χ2v) is 7.75. The van der Waals surface area contributed by atoms with E-state index in [0.29, 0.717) is 10.4 Å². The van der Waals surface area contributed by atoms with Gasteiger partial charge in [0, 0.05) is 21.1 Å². The van der Waals surface area contributed by atoms with Crippen LogP contribution in [0.5, 0.6) is 0 Å². The zero-order valence-corrected chi connectivity index (χ0v) is 17.2. The molecule has 0 aliphatic rings. The third-order valence-electron chi connectivity index (χ3n) is 4.15.